The standard InChI is InChI=1S/C19H23NO3S2/c1-3-12-20(25(22,23)15-10-8-14(2)9-11-15)19-17(13-21)16-6-4-5-7-18(16)24-19/h3,8-11,21H,1,4-7,12-13H2,2H3. The van der Waals surface area contributed by atoms with E-state index in [2.05, 4.69) is 6.58 Å². The van der Waals surface area contributed by atoms with Crippen LogP contribution in [0.5, 0.6) is 0 Å². The third-order valence-corrected chi connectivity index (χ3v) is 7.80. The number of hydrogen-bond acceptors (Lipinski definition) is 4. The van der Waals surface area contributed by atoms with E-state index in [1.807, 2.05) is 6.92 Å². The van der Waals surface area contributed by atoms with Gasteiger partial charge in [0.15, 0.2) is 0 Å². The number of hydrogen-bond donors (Lipinski definition) is 1. The van der Waals surface area contributed by atoms with Gasteiger partial charge in [0.1, 0.15) is 5.00 Å². The van der Waals surface area contributed by atoms with Gasteiger partial charge in [-0.15, -0.1) is 17.9 Å². The summed E-state index contributed by atoms with van der Waals surface area (Å²) >= 11 is 1.50. The molecule has 0 saturated heterocycles. The van der Waals surface area contributed by atoms with Gasteiger partial charge in [-0.3, -0.25) is 4.31 Å². The summed E-state index contributed by atoms with van der Waals surface area (Å²) in [6, 6.07) is 6.86. The van der Waals surface area contributed by atoms with Crippen LogP contribution in [-0.2, 0) is 29.5 Å². The minimum atomic E-state index is -3.70. The van der Waals surface area contributed by atoms with Crippen molar-refractivity contribution in [2.24, 2.45) is 0 Å². The maximum absolute atomic E-state index is 13.2. The third kappa shape index (κ3) is 3.38. The van der Waals surface area contributed by atoms with Crippen LogP contribution in [0.3, 0.4) is 0 Å². The lowest BCUT2D eigenvalue weighted by molar-refractivity contribution is 0.281. The fourth-order valence-corrected chi connectivity index (χ4v) is 6.31. The van der Waals surface area contributed by atoms with E-state index in [9.17, 15) is 13.5 Å². The monoisotopic (exact) mass is 377 g/mol. The van der Waals surface area contributed by atoms with Gasteiger partial charge in [0.25, 0.3) is 10.0 Å². The van der Waals surface area contributed by atoms with Gasteiger partial charge in [-0.2, -0.15) is 0 Å². The predicted octanol–water partition coefficient (Wildman–Crippen LogP) is 3.81. The second kappa shape index (κ2) is 7.32. The number of aliphatic hydroxyl groups excluding tert-OH is 1. The van der Waals surface area contributed by atoms with Gasteiger partial charge >= 0.3 is 0 Å². The molecule has 0 spiro atoms. The summed E-state index contributed by atoms with van der Waals surface area (Å²) in [4.78, 5) is 1.47. The molecule has 1 aromatic heterocycles. The molecule has 0 atom stereocenters. The Hall–Kier alpha value is -1.63. The summed E-state index contributed by atoms with van der Waals surface area (Å²) in [5.74, 6) is 0. The molecular formula is C19H23NO3S2. The van der Waals surface area contributed by atoms with Crippen LogP contribution in [-0.4, -0.2) is 20.1 Å². The summed E-state index contributed by atoms with van der Waals surface area (Å²) < 4.78 is 27.8. The molecule has 0 amide bonds. The summed E-state index contributed by atoms with van der Waals surface area (Å²) in [6.45, 7) is 5.69. The average molecular weight is 378 g/mol. The van der Waals surface area contributed by atoms with Crippen LogP contribution in [0.2, 0.25) is 0 Å². The molecule has 134 valence electrons. The Morgan fingerprint density at radius 1 is 1.24 bits per heavy atom. The third-order valence-electron chi connectivity index (χ3n) is 4.55. The van der Waals surface area contributed by atoms with Crippen molar-refractivity contribution in [2.75, 3.05) is 10.8 Å². The maximum Gasteiger partial charge on any atom is 0.265 e. The topological polar surface area (TPSA) is 57.6 Å². The van der Waals surface area contributed by atoms with E-state index in [0.717, 1.165) is 42.4 Å². The van der Waals surface area contributed by atoms with E-state index >= 15 is 0 Å². The molecule has 1 aromatic carbocycles. The molecule has 6 heteroatoms. The zero-order valence-corrected chi connectivity index (χ0v) is 16.0. The van der Waals surface area contributed by atoms with Crippen LogP contribution in [0.15, 0.2) is 41.8 Å². The minimum Gasteiger partial charge on any atom is -0.392 e. The van der Waals surface area contributed by atoms with Crippen molar-refractivity contribution in [2.45, 2.75) is 44.1 Å². The van der Waals surface area contributed by atoms with Crippen molar-refractivity contribution in [1.82, 2.24) is 0 Å². The quantitative estimate of drug-likeness (QED) is 0.779. The van der Waals surface area contributed by atoms with Crippen molar-refractivity contribution in [3.8, 4) is 0 Å². The molecule has 0 radical (unpaired) electrons. The van der Waals surface area contributed by atoms with E-state index < -0.39 is 10.0 Å². The van der Waals surface area contributed by atoms with Crippen molar-refractivity contribution in [1.29, 1.82) is 0 Å². The summed E-state index contributed by atoms with van der Waals surface area (Å²) in [6.07, 6.45) is 5.66. The predicted molar refractivity (Wildman–Crippen MR) is 103 cm³/mol. The Morgan fingerprint density at radius 3 is 2.56 bits per heavy atom. The van der Waals surface area contributed by atoms with Gasteiger partial charge in [-0.05, 0) is 50.3 Å². The lowest BCUT2D eigenvalue weighted by atomic mass is 9.96. The minimum absolute atomic E-state index is 0.141. The van der Waals surface area contributed by atoms with Gasteiger partial charge in [-0.25, -0.2) is 8.42 Å². The highest BCUT2D eigenvalue weighted by molar-refractivity contribution is 7.93. The van der Waals surface area contributed by atoms with E-state index in [1.165, 1.54) is 20.5 Å². The maximum atomic E-state index is 13.2. The fourth-order valence-electron chi connectivity index (χ4n) is 3.23. The lowest BCUT2D eigenvalue weighted by Gasteiger charge is -2.23. The molecule has 0 saturated carbocycles. The highest BCUT2D eigenvalue weighted by Crippen LogP contribution is 2.42. The van der Waals surface area contributed by atoms with E-state index in [4.69, 9.17) is 0 Å². The number of aryl methyl sites for hydroxylation is 2. The van der Waals surface area contributed by atoms with E-state index in [1.54, 1.807) is 30.3 Å². The first kappa shape index (κ1) is 18.2. The van der Waals surface area contributed by atoms with Gasteiger partial charge in [0, 0.05) is 10.4 Å². The summed E-state index contributed by atoms with van der Waals surface area (Å²) in [5, 5.41) is 10.5. The van der Waals surface area contributed by atoms with Gasteiger partial charge in [-0.1, -0.05) is 23.8 Å². The molecule has 25 heavy (non-hydrogen) atoms. The molecule has 1 aliphatic rings. The number of thiophene rings is 1. The number of nitrogens with zero attached hydrogens (tertiary/aromatic N) is 1. The van der Waals surface area contributed by atoms with E-state index in [-0.39, 0.29) is 18.0 Å². The van der Waals surface area contributed by atoms with Crippen LogP contribution in [0.25, 0.3) is 0 Å². The molecule has 4 nitrogen and oxygen atoms in total. The number of rotatable bonds is 6. The van der Waals surface area contributed by atoms with Crippen molar-refractivity contribution in [3.63, 3.8) is 0 Å². The highest BCUT2D eigenvalue weighted by Gasteiger charge is 2.30. The Morgan fingerprint density at radius 2 is 1.92 bits per heavy atom. The second-order valence-corrected chi connectivity index (χ2v) is 9.24. The number of aliphatic hydroxyl groups is 1. The summed E-state index contributed by atoms with van der Waals surface area (Å²) in [7, 11) is -3.70. The first-order valence-corrected chi connectivity index (χ1v) is 10.7. The first-order chi connectivity index (χ1) is 12.0. The Kier molecular flexibility index (Phi) is 5.32. The molecule has 1 N–H and O–H groups in total. The molecule has 0 fully saturated rings. The van der Waals surface area contributed by atoms with Crippen molar-refractivity contribution < 1.29 is 13.5 Å². The number of benzene rings is 1. The van der Waals surface area contributed by atoms with Crippen LogP contribution in [0.1, 0.15) is 34.4 Å². The molecular weight excluding hydrogens is 354 g/mol. The zero-order chi connectivity index (χ0) is 18.0. The number of fused-ring (bicyclic) bond motifs is 1. The summed E-state index contributed by atoms with van der Waals surface area (Å²) in [5.41, 5.74) is 2.91. The fraction of sp³-hybridized carbons (Fsp3) is 0.368. The zero-order valence-electron chi connectivity index (χ0n) is 14.4. The normalized spacial score (nSPS) is 14.2. The molecule has 0 aliphatic heterocycles. The SMILES string of the molecule is C=CCN(c1sc2c(c1CO)CCCC2)S(=O)(=O)c1ccc(C)cc1. The Balaban J connectivity index is 2.11. The molecule has 0 unspecified atom stereocenters. The largest absolute Gasteiger partial charge is 0.392 e. The highest BCUT2D eigenvalue weighted by atomic mass is 32.2. The lowest BCUT2D eigenvalue weighted by Crippen LogP contribution is -2.31. The van der Waals surface area contributed by atoms with Gasteiger partial charge in [0.2, 0.25) is 0 Å². The Bertz CT molecular complexity index is 867. The van der Waals surface area contributed by atoms with E-state index in [0.29, 0.717) is 5.00 Å². The second-order valence-electron chi connectivity index (χ2n) is 6.29. The molecule has 1 heterocycles. The van der Waals surface area contributed by atoms with Gasteiger partial charge in [0.05, 0.1) is 18.0 Å². The molecule has 2 aromatic rings. The molecule has 3 rings (SSSR count). The molecule has 0 bridgehead atoms. The number of sulfonamides is 1. The van der Waals surface area contributed by atoms with Crippen LogP contribution in [0, 0.1) is 6.92 Å². The average Bonchev–Trinajstić information content (AvgIpc) is 2.97. The molecule has 1 aliphatic carbocycles. The Labute approximate surface area is 153 Å². The van der Waals surface area contributed by atoms with Crippen LogP contribution >= 0.6 is 11.3 Å². The smallest absolute Gasteiger partial charge is 0.265 e. The first-order valence-electron chi connectivity index (χ1n) is 8.43. The number of anilines is 1. The van der Waals surface area contributed by atoms with Crippen molar-refractivity contribution in [3.05, 3.63) is 58.5 Å². The van der Waals surface area contributed by atoms with Crippen LogP contribution in [0.4, 0.5) is 5.00 Å². The van der Waals surface area contributed by atoms with Gasteiger partial charge < -0.3 is 5.11 Å². The van der Waals surface area contributed by atoms with Crippen LogP contribution < -0.4 is 4.31 Å². The van der Waals surface area contributed by atoms with Crippen molar-refractivity contribution >= 4 is 26.4 Å².